The molecule has 0 saturated carbocycles. The van der Waals surface area contributed by atoms with Crippen LogP contribution in [-0.4, -0.2) is 21.0 Å². The van der Waals surface area contributed by atoms with Gasteiger partial charge in [-0.1, -0.05) is 25.4 Å². The maximum Gasteiger partial charge on any atom is 0.271 e. The van der Waals surface area contributed by atoms with Gasteiger partial charge in [0.1, 0.15) is 0 Å². The highest BCUT2D eigenvalue weighted by Crippen LogP contribution is 2.22. The second kappa shape index (κ2) is 5.92. The smallest absolute Gasteiger partial charge is 0.271 e. The van der Waals surface area contributed by atoms with Crippen LogP contribution in [0.3, 0.4) is 0 Å². The minimum absolute atomic E-state index is 0.100. The molecule has 2 N–H and O–H groups in total. The molecule has 110 valence electrons. The number of hydrogen-bond acceptors (Lipinski definition) is 4. The van der Waals surface area contributed by atoms with E-state index in [2.05, 4.69) is 15.5 Å². The molecule has 0 spiro atoms. The van der Waals surface area contributed by atoms with Crippen molar-refractivity contribution >= 4 is 29.0 Å². The standard InChI is InChI=1S/C13H13ClN4O3/c1-7(2)11-6-12(17-16-11)15-13(19)8-3-9(14)5-10(4-8)18(20)21/h3-7H,1-2H3,(H2,15,16,17,19). The van der Waals surface area contributed by atoms with E-state index in [-0.39, 0.29) is 22.2 Å². The summed E-state index contributed by atoms with van der Waals surface area (Å²) in [7, 11) is 0. The SMILES string of the molecule is CC(C)c1cc(NC(=O)c2cc(Cl)cc([N+](=O)[O-])c2)n[nH]1. The molecule has 0 aliphatic carbocycles. The van der Waals surface area contributed by atoms with Gasteiger partial charge in [0.15, 0.2) is 5.82 Å². The zero-order valence-corrected chi connectivity index (χ0v) is 12.1. The highest BCUT2D eigenvalue weighted by atomic mass is 35.5. The summed E-state index contributed by atoms with van der Waals surface area (Å²) >= 11 is 5.78. The van der Waals surface area contributed by atoms with E-state index in [1.54, 1.807) is 6.07 Å². The predicted molar refractivity (Wildman–Crippen MR) is 78.7 cm³/mol. The molecule has 8 heteroatoms. The fraction of sp³-hybridized carbons (Fsp3) is 0.231. The summed E-state index contributed by atoms with van der Waals surface area (Å²) in [5.41, 5.74) is 0.739. The molecule has 0 atom stereocenters. The van der Waals surface area contributed by atoms with Crippen molar-refractivity contribution in [1.82, 2.24) is 10.2 Å². The predicted octanol–water partition coefficient (Wildman–Crippen LogP) is 3.35. The number of nitro groups is 1. The number of benzene rings is 1. The summed E-state index contributed by atoms with van der Waals surface area (Å²) in [6.45, 7) is 3.97. The van der Waals surface area contributed by atoms with Crippen molar-refractivity contribution in [1.29, 1.82) is 0 Å². The minimum Gasteiger partial charge on any atom is -0.305 e. The Hall–Kier alpha value is -2.41. The molecule has 2 rings (SSSR count). The quantitative estimate of drug-likeness (QED) is 0.668. The first-order valence-electron chi connectivity index (χ1n) is 6.18. The molecular weight excluding hydrogens is 296 g/mol. The van der Waals surface area contributed by atoms with Crippen molar-refractivity contribution in [2.75, 3.05) is 5.32 Å². The Labute approximate surface area is 125 Å². The molecule has 1 amide bonds. The second-order valence-electron chi connectivity index (χ2n) is 4.77. The highest BCUT2D eigenvalue weighted by molar-refractivity contribution is 6.31. The summed E-state index contributed by atoms with van der Waals surface area (Å²) in [5, 5.41) is 20.2. The number of amides is 1. The van der Waals surface area contributed by atoms with Gasteiger partial charge in [-0.25, -0.2) is 0 Å². The molecule has 0 saturated heterocycles. The lowest BCUT2D eigenvalue weighted by Crippen LogP contribution is -2.12. The number of nitrogens with one attached hydrogen (secondary N) is 2. The van der Waals surface area contributed by atoms with Crippen LogP contribution in [0.15, 0.2) is 24.3 Å². The van der Waals surface area contributed by atoms with Crippen LogP contribution in [0.2, 0.25) is 5.02 Å². The van der Waals surface area contributed by atoms with Gasteiger partial charge in [-0.2, -0.15) is 5.10 Å². The number of aromatic nitrogens is 2. The van der Waals surface area contributed by atoms with Gasteiger partial charge in [-0.3, -0.25) is 20.0 Å². The van der Waals surface area contributed by atoms with Crippen molar-refractivity contribution in [3.05, 3.63) is 50.7 Å². The van der Waals surface area contributed by atoms with Gasteiger partial charge in [0.05, 0.1) is 4.92 Å². The van der Waals surface area contributed by atoms with Crippen LogP contribution in [0, 0.1) is 10.1 Å². The second-order valence-corrected chi connectivity index (χ2v) is 5.21. The summed E-state index contributed by atoms with van der Waals surface area (Å²) in [6.07, 6.45) is 0. The number of hydrogen-bond donors (Lipinski definition) is 2. The Balaban J connectivity index is 2.21. The molecule has 0 bridgehead atoms. The van der Waals surface area contributed by atoms with Gasteiger partial charge in [0.25, 0.3) is 11.6 Å². The van der Waals surface area contributed by atoms with E-state index in [1.807, 2.05) is 13.8 Å². The number of non-ortho nitro benzene ring substituents is 1. The van der Waals surface area contributed by atoms with E-state index in [0.717, 1.165) is 11.8 Å². The zero-order chi connectivity index (χ0) is 15.6. The van der Waals surface area contributed by atoms with Crippen LogP contribution in [0.25, 0.3) is 0 Å². The Bertz CT molecular complexity index is 696. The molecule has 0 fully saturated rings. The van der Waals surface area contributed by atoms with Crippen LogP contribution in [0.5, 0.6) is 0 Å². The third-order valence-electron chi connectivity index (χ3n) is 2.82. The van der Waals surface area contributed by atoms with Gasteiger partial charge < -0.3 is 5.32 Å². The lowest BCUT2D eigenvalue weighted by Gasteiger charge is -2.03. The summed E-state index contributed by atoms with van der Waals surface area (Å²) < 4.78 is 0. The van der Waals surface area contributed by atoms with E-state index in [1.165, 1.54) is 12.1 Å². The first-order valence-corrected chi connectivity index (χ1v) is 6.56. The summed E-state index contributed by atoms with van der Waals surface area (Å²) in [5.74, 6) is 0.0872. The molecule has 1 aromatic carbocycles. The van der Waals surface area contributed by atoms with Crippen LogP contribution in [0.1, 0.15) is 35.8 Å². The summed E-state index contributed by atoms with van der Waals surface area (Å²) in [6, 6.07) is 5.42. The number of halogens is 1. The number of carbonyl (C=O) groups is 1. The van der Waals surface area contributed by atoms with Crippen LogP contribution >= 0.6 is 11.6 Å². The fourth-order valence-electron chi connectivity index (χ4n) is 1.70. The van der Waals surface area contributed by atoms with Crippen molar-refractivity contribution in [3.63, 3.8) is 0 Å². The van der Waals surface area contributed by atoms with E-state index >= 15 is 0 Å². The van der Waals surface area contributed by atoms with Crippen molar-refractivity contribution in [3.8, 4) is 0 Å². The van der Waals surface area contributed by atoms with E-state index in [4.69, 9.17) is 11.6 Å². The van der Waals surface area contributed by atoms with Crippen molar-refractivity contribution in [2.45, 2.75) is 19.8 Å². The lowest BCUT2D eigenvalue weighted by atomic mass is 10.1. The highest BCUT2D eigenvalue weighted by Gasteiger charge is 2.15. The Kier molecular flexibility index (Phi) is 4.23. The van der Waals surface area contributed by atoms with E-state index < -0.39 is 10.8 Å². The van der Waals surface area contributed by atoms with Crippen LogP contribution in [-0.2, 0) is 0 Å². The van der Waals surface area contributed by atoms with Gasteiger partial charge in [-0.05, 0) is 12.0 Å². The lowest BCUT2D eigenvalue weighted by molar-refractivity contribution is -0.384. The average Bonchev–Trinajstić information content (AvgIpc) is 2.86. The molecule has 1 aromatic heterocycles. The monoisotopic (exact) mass is 308 g/mol. The number of H-pyrrole nitrogens is 1. The molecular formula is C13H13ClN4O3. The van der Waals surface area contributed by atoms with Crippen LogP contribution < -0.4 is 5.32 Å². The number of nitrogens with zero attached hydrogens (tertiary/aromatic N) is 2. The molecule has 0 aliphatic heterocycles. The minimum atomic E-state index is -0.603. The fourth-order valence-corrected chi connectivity index (χ4v) is 1.92. The molecule has 2 aromatic rings. The first kappa shape index (κ1) is 15.0. The maximum absolute atomic E-state index is 12.1. The number of carbonyl (C=O) groups excluding carboxylic acids is 1. The van der Waals surface area contributed by atoms with Gasteiger partial charge >= 0.3 is 0 Å². The summed E-state index contributed by atoms with van der Waals surface area (Å²) in [4.78, 5) is 22.2. The van der Waals surface area contributed by atoms with Crippen molar-refractivity contribution < 1.29 is 9.72 Å². The Morgan fingerprint density at radius 2 is 2.10 bits per heavy atom. The van der Waals surface area contributed by atoms with E-state index in [0.29, 0.717) is 5.82 Å². The number of rotatable bonds is 4. The van der Waals surface area contributed by atoms with E-state index in [9.17, 15) is 14.9 Å². The molecule has 0 aliphatic rings. The third kappa shape index (κ3) is 3.57. The molecule has 0 radical (unpaired) electrons. The topological polar surface area (TPSA) is 101 Å². The Morgan fingerprint density at radius 3 is 2.67 bits per heavy atom. The normalized spacial score (nSPS) is 10.7. The molecule has 21 heavy (non-hydrogen) atoms. The average molecular weight is 309 g/mol. The van der Waals surface area contributed by atoms with Gasteiger partial charge in [0, 0.05) is 34.5 Å². The first-order chi connectivity index (χ1) is 9.86. The zero-order valence-electron chi connectivity index (χ0n) is 11.4. The maximum atomic E-state index is 12.1. The molecule has 7 nitrogen and oxygen atoms in total. The number of nitro benzene ring substituents is 1. The largest absolute Gasteiger partial charge is 0.305 e. The Morgan fingerprint density at radius 1 is 1.38 bits per heavy atom. The van der Waals surface area contributed by atoms with Crippen LogP contribution in [0.4, 0.5) is 11.5 Å². The van der Waals surface area contributed by atoms with Gasteiger partial charge in [-0.15, -0.1) is 0 Å². The number of aromatic amines is 1. The molecule has 1 heterocycles. The van der Waals surface area contributed by atoms with Crippen molar-refractivity contribution in [2.24, 2.45) is 0 Å². The van der Waals surface area contributed by atoms with Gasteiger partial charge in [0.2, 0.25) is 0 Å². The third-order valence-corrected chi connectivity index (χ3v) is 3.04. The number of anilines is 1. The molecule has 0 unspecified atom stereocenters.